The second-order valence-electron chi connectivity index (χ2n) is 4.87. The van der Waals surface area contributed by atoms with Gasteiger partial charge in [0.15, 0.2) is 0 Å². The molecule has 5 heteroatoms. The molecular formula is C17H23N3O2. The number of hydrogen-bond acceptors (Lipinski definition) is 4. The van der Waals surface area contributed by atoms with Crippen LogP contribution in [0.5, 0.6) is 0 Å². The summed E-state index contributed by atoms with van der Waals surface area (Å²) in [7, 11) is 0. The summed E-state index contributed by atoms with van der Waals surface area (Å²) in [6, 6.07) is 7.77. The minimum absolute atomic E-state index is 0.0531. The standard InChI is InChI=1S/C17H23N3O2/c1-4-22-10-6-9-19-17(21)15(11-18)12-20-16-8-5-7-13(2)14(16)3/h5,7-8,12,20H,4,6,9-10H2,1-3H3,(H,19,21)/b15-12-. The van der Waals surface area contributed by atoms with Gasteiger partial charge < -0.3 is 15.4 Å². The molecule has 0 spiro atoms. The van der Waals surface area contributed by atoms with Gasteiger partial charge in [-0.15, -0.1) is 0 Å². The number of nitrogens with zero attached hydrogens (tertiary/aromatic N) is 1. The monoisotopic (exact) mass is 301 g/mol. The number of nitriles is 1. The molecule has 1 amide bonds. The van der Waals surface area contributed by atoms with E-state index in [1.54, 1.807) is 0 Å². The molecule has 0 saturated heterocycles. The Morgan fingerprint density at radius 2 is 2.18 bits per heavy atom. The molecule has 5 nitrogen and oxygen atoms in total. The molecule has 0 aliphatic heterocycles. The van der Waals surface area contributed by atoms with Crippen molar-refractivity contribution in [2.45, 2.75) is 27.2 Å². The van der Waals surface area contributed by atoms with E-state index in [2.05, 4.69) is 10.6 Å². The average molecular weight is 301 g/mol. The molecule has 0 radical (unpaired) electrons. The van der Waals surface area contributed by atoms with Crippen molar-refractivity contribution in [3.05, 3.63) is 41.1 Å². The summed E-state index contributed by atoms with van der Waals surface area (Å²) in [5, 5.41) is 14.8. The highest BCUT2D eigenvalue weighted by molar-refractivity contribution is 5.97. The van der Waals surface area contributed by atoms with Crippen molar-refractivity contribution in [1.29, 1.82) is 5.26 Å². The lowest BCUT2D eigenvalue weighted by atomic mass is 10.1. The van der Waals surface area contributed by atoms with Gasteiger partial charge in [-0.3, -0.25) is 4.79 Å². The molecule has 0 aromatic heterocycles. The molecule has 22 heavy (non-hydrogen) atoms. The Bertz CT molecular complexity index is 574. The van der Waals surface area contributed by atoms with Crippen molar-refractivity contribution in [2.75, 3.05) is 25.1 Å². The fourth-order valence-corrected chi connectivity index (χ4v) is 1.82. The van der Waals surface area contributed by atoms with Gasteiger partial charge in [0.1, 0.15) is 11.6 Å². The van der Waals surface area contributed by atoms with Gasteiger partial charge in [0.2, 0.25) is 0 Å². The van der Waals surface area contributed by atoms with Crippen molar-refractivity contribution in [2.24, 2.45) is 0 Å². The Morgan fingerprint density at radius 1 is 1.41 bits per heavy atom. The largest absolute Gasteiger partial charge is 0.382 e. The molecule has 0 aliphatic carbocycles. The molecule has 0 aliphatic rings. The zero-order chi connectivity index (χ0) is 16.4. The van der Waals surface area contributed by atoms with Crippen LogP contribution in [0.15, 0.2) is 30.0 Å². The molecular weight excluding hydrogens is 278 g/mol. The normalized spacial score (nSPS) is 10.9. The van der Waals surface area contributed by atoms with Crippen molar-refractivity contribution in [3.63, 3.8) is 0 Å². The van der Waals surface area contributed by atoms with Crippen LogP contribution in [0.2, 0.25) is 0 Å². The highest BCUT2D eigenvalue weighted by atomic mass is 16.5. The van der Waals surface area contributed by atoms with Crippen molar-refractivity contribution >= 4 is 11.6 Å². The number of amides is 1. The summed E-state index contributed by atoms with van der Waals surface area (Å²) >= 11 is 0. The van der Waals surface area contributed by atoms with Crippen LogP contribution in [0.3, 0.4) is 0 Å². The first-order valence-corrected chi connectivity index (χ1v) is 7.39. The zero-order valence-electron chi connectivity index (χ0n) is 13.4. The van der Waals surface area contributed by atoms with Gasteiger partial charge in [-0.2, -0.15) is 5.26 Å². The SMILES string of the molecule is CCOCCCNC(=O)/C(C#N)=C\Nc1cccc(C)c1C. The number of aryl methyl sites for hydroxylation is 1. The maximum absolute atomic E-state index is 11.9. The number of anilines is 1. The molecule has 1 aromatic carbocycles. The van der Waals surface area contributed by atoms with Crippen molar-refractivity contribution in [3.8, 4) is 6.07 Å². The summed E-state index contributed by atoms with van der Waals surface area (Å²) in [6.07, 6.45) is 2.17. The third-order valence-corrected chi connectivity index (χ3v) is 3.30. The van der Waals surface area contributed by atoms with Crippen LogP contribution in [-0.2, 0) is 9.53 Å². The van der Waals surface area contributed by atoms with E-state index in [-0.39, 0.29) is 11.5 Å². The zero-order valence-corrected chi connectivity index (χ0v) is 13.4. The third-order valence-electron chi connectivity index (χ3n) is 3.30. The molecule has 0 atom stereocenters. The van der Waals surface area contributed by atoms with E-state index in [1.165, 1.54) is 6.20 Å². The number of rotatable bonds is 8. The van der Waals surface area contributed by atoms with Gasteiger partial charge in [-0.25, -0.2) is 0 Å². The third kappa shape index (κ3) is 5.58. The van der Waals surface area contributed by atoms with E-state index in [0.29, 0.717) is 19.8 Å². The summed E-state index contributed by atoms with van der Waals surface area (Å²) in [5.74, 6) is -0.378. The number of benzene rings is 1. The molecule has 2 N–H and O–H groups in total. The van der Waals surface area contributed by atoms with Crippen LogP contribution in [0.25, 0.3) is 0 Å². The topological polar surface area (TPSA) is 74.1 Å². The quantitative estimate of drug-likeness (QED) is 0.440. The van der Waals surface area contributed by atoms with Gasteiger partial charge in [-0.1, -0.05) is 12.1 Å². The van der Waals surface area contributed by atoms with E-state index >= 15 is 0 Å². The first kappa shape index (κ1) is 17.7. The van der Waals surface area contributed by atoms with Crippen LogP contribution in [-0.4, -0.2) is 25.7 Å². The van der Waals surface area contributed by atoms with E-state index in [9.17, 15) is 4.79 Å². The predicted molar refractivity (Wildman–Crippen MR) is 87.4 cm³/mol. The minimum atomic E-state index is -0.378. The van der Waals surface area contributed by atoms with E-state index in [1.807, 2.05) is 45.0 Å². The summed E-state index contributed by atoms with van der Waals surface area (Å²) in [4.78, 5) is 11.9. The minimum Gasteiger partial charge on any atom is -0.382 e. The highest BCUT2D eigenvalue weighted by Crippen LogP contribution is 2.18. The van der Waals surface area contributed by atoms with E-state index in [4.69, 9.17) is 10.00 Å². The Hall–Kier alpha value is -2.32. The molecule has 0 unspecified atom stereocenters. The predicted octanol–water partition coefficient (Wildman–Crippen LogP) is 2.67. The maximum atomic E-state index is 11.9. The first-order valence-electron chi connectivity index (χ1n) is 7.39. The van der Waals surface area contributed by atoms with Crippen LogP contribution >= 0.6 is 0 Å². The van der Waals surface area contributed by atoms with Gasteiger partial charge in [0.05, 0.1) is 0 Å². The van der Waals surface area contributed by atoms with Crippen LogP contribution < -0.4 is 10.6 Å². The highest BCUT2D eigenvalue weighted by Gasteiger charge is 2.08. The summed E-state index contributed by atoms with van der Waals surface area (Å²) in [5.41, 5.74) is 3.18. The van der Waals surface area contributed by atoms with E-state index in [0.717, 1.165) is 23.2 Å². The smallest absolute Gasteiger partial charge is 0.263 e. The van der Waals surface area contributed by atoms with Crippen molar-refractivity contribution < 1.29 is 9.53 Å². The summed E-state index contributed by atoms with van der Waals surface area (Å²) < 4.78 is 5.19. The molecule has 1 rings (SSSR count). The lowest BCUT2D eigenvalue weighted by molar-refractivity contribution is -0.117. The fourth-order valence-electron chi connectivity index (χ4n) is 1.82. The molecule has 1 aromatic rings. The molecule has 0 saturated carbocycles. The Kier molecular flexibility index (Phi) is 7.73. The number of carbonyl (C=O) groups excluding carboxylic acids is 1. The average Bonchev–Trinajstić information content (AvgIpc) is 2.51. The number of hydrogen-bond donors (Lipinski definition) is 2. The Balaban J connectivity index is 2.57. The second kappa shape index (κ2) is 9.59. The number of ether oxygens (including phenoxy) is 1. The molecule has 0 fully saturated rings. The van der Waals surface area contributed by atoms with E-state index < -0.39 is 0 Å². The van der Waals surface area contributed by atoms with Gasteiger partial charge in [-0.05, 0) is 44.4 Å². The number of carbonyl (C=O) groups is 1. The molecule has 0 heterocycles. The Labute approximate surface area is 132 Å². The molecule has 0 bridgehead atoms. The fraction of sp³-hybridized carbons (Fsp3) is 0.412. The van der Waals surface area contributed by atoms with Gasteiger partial charge >= 0.3 is 0 Å². The van der Waals surface area contributed by atoms with Crippen molar-refractivity contribution in [1.82, 2.24) is 5.32 Å². The molecule has 118 valence electrons. The lowest BCUT2D eigenvalue weighted by Gasteiger charge is -2.09. The first-order chi connectivity index (χ1) is 10.6. The summed E-state index contributed by atoms with van der Waals surface area (Å²) in [6.45, 7) is 7.68. The Morgan fingerprint density at radius 3 is 2.86 bits per heavy atom. The van der Waals surface area contributed by atoms with Gasteiger partial charge in [0, 0.05) is 31.6 Å². The van der Waals surface area contributed by atoms with Crippen LogP contribution in [0.4, 0.5) is 5.69 Å². The maximum Gasteiger partial charge on any atom is 0.263 e. The van der Waals surface area contributed by atoms with Gasteiger partial charge in [0.25, 0.3) is 5.91 Å². The second-order valence-corrected chi connectivity index (χ2v) is 4.87. The number of nitrogens with one attached hydrogen (secondary N) is 2. The lowest BCUT2D eigenvalue weighted by Crippen LogP contribution is -2.26. The van der Waals surface area contributed by atoms with Crippen LogP contribution in [0, 0.1) is 25.2 Å². The van der Waals surface area contributed by atoms with Crippen LogP contribution in [0.1, 0.15) is 24.5 Å².